The molecule has 0 fully saturated rings. The number of alkyl halides is 1. The van der Waals surface area contributed by atoms with Crippen LogP contribution < -0.4 is 4.72 Å². The Bertz CT molecular complexity index is 433. The normalized spacial score (nSPS) is 11.9. The largest absolute Gasteiger partial charge is 0.250 e. The van der Waals surface area contributed by atoms with Gasteiger partial charge in [-0.2, -0.15) is 0 Å². The summed E-state index contributed by atoms with van der Waals surface area (Å²) in [5, 5.41) is 0. The molecule has 98 valence electrons. The van der Waals surface area contributed by atoms with Crippen molar-refractivity contribution in [2.24, 2.45) is 0 Å². The Morgan fingerprint density at radius 3 is 2.53 bits per heavy atom. The summed E-state index contributed by atoms with van der Waals surface area (Å²) < 4.78 is 28.1. The van der Waals surface area contributed by atoms with E-state index in [2.05, 4.69) is 27.3 Å². The van der Waals surface area contributed by atoms with Gasteiger partial charge < -0.3 is 0 Å². The molecule has 1 aromatic rings. The monoisotopic (exact) mass is 407 g/mol. The molecular weight excluding hydrogens is 393 g/mol. The number of halogens is 2. The lowest BCUT2D eigenvalue weighted by molar-refractivity contribution is 0.576. The Labute approximate surface area is 125 Å². The van der Waals surface area contributed by atoms with E-state index in [1.54, 1.807) is 6.07 Å². The molecule has 0 aromatic carbocycles. The minimum atomic E-state index is -3.35. The number of nitrogens with one attached hydrogen (secondary N) is 1. The molecule has 1 rings (SSSR count). The van der Waals surface area contributed by atoms with E-state index < -0.39 is 10.0 Å². The van der Waals surface area contributed by atoms with Crippen molar-refractivity contribution >= 4 is 55.6 Å². The maximum Gasteiger partial charge on any atom is 0.250 e. The fraction of sp³-hybridized carbons (Fsp3) is 0.600. The van der Waals surface area contributed by atoms with Gasteiger partial charge >= 0.3 is 0 Å². The van der Waals surface area contributed by atoms with E-state index in [1.807, 2.05) is 0 Å². The molecule has 0 aliphatic carbocycles. The zero-order valence-electron chi connectivity index (χ0n) is 9.29. The van der Waals surface area contributed by atoms with Gasteiger partial charge in [-0.3, -0.25) is 0 Å². The molecule has 17 heavy (non-hydrogen) atoms. The maximum absolute atomic E-state index is 11.8. The Morgan fingerprint density at radius 1 is 1.24 bits per heavy atom. The zero-order valence-corrected chi connectivity index (χ0v) is 13.8. The van der Waals surface area contributed by atoms with Gasteiger partial charge in [0.2, 0.25) is 10.0 Å². The van der Waals surface area contributed by atoms with Crippen molar-refractivity contribution < 1.29 is 8.42 Å². The third-order valence-electron chi connectivity index (χ3n) is 2.17. The number of sulfonamides is 1. The Balaban J connectivity index is 2.31. The molecule has 0 aliphatic heterocycles. The van der Waals surface area contributed by atoms with Crippen LogP contribution in [0.5, 0.6) is 0 Å². The molecule has 1 aromatic heterocycles. The summed E-state index contributed by atoms with van der Waals surface area (Å²) in [6.07, 6.45) is 4.31. The highest BCUT2D eigenvalue weighted by molar-refractivity contribution is 14.1. The summed E-state index contributed by atoms with van der Waals surface area (Å²) in [5.41, 5.74) is 0. The molecule has 0 atom stereocenters. The third kappa shape index (κ3) is 5.87. The lowest BCUT2D eigenvalue weighted by atomic mass is 10.2. The van der Waals surface area contributed by atoms with Crippen LogP contribution in [0.1, 0.15) is 25.7 Å². The highest BCUT2D eigenvalue weighted by Gasteiger charge is 2.15. The van der Waals surface area contributed by atoms with E-state index in [0.29, 0.717) is 10.9 Å². The average molecular weight is 408 g/mol. The molecule has 1 N–H and O–H groups in total. The number of hydrogen-bond acceptors (Lipinski definition) is 3. The smallest absolute Gasteiger partial charge is 0.210 e. The van der Waals surface area contributed by atoms with Crippen LogP contribution in [0.15, 0.2) is 16.3 Å². The van der Waals surface area contributed by atoms with E-state index >= 15 is 0 Å². The van der Waals surface area contributed by atoms with Gasteiger partial charge in [0.15, 0.2) is 0 Å². The van der Waals surface area contributed by atoms with Gasteiger partial charge in [0, 0.05) is 6.54 Å². The van der Waals surface area contributed by atoms with E-state index in [4.69, 9.17) is 11.6 Å². The molecular formula is C10H15ClINO2S2. The number of hydrogen-bond donors (Lipinski definition) is 1. The molecule has 0 radical (unpaired) electrons. The summed E-state index contributed by atoms with van der Waals surface area (Å²) in [7, 11) is -3.35. The SMILES string of the molecule is O=S(=O)(NCCCCCCI)c1ccc(Cl)s1. The molecule has 0 amide bonds. The minimum absolute atomic E-state index is 0.287. The Kier molecular flexibility index (Phi) is 7.32. The summed E-state index contributed by atoms with van der Waals surface area (Å²) in [4.78, 5) is 0. The number of unbranched alkanes of at least 4 members (excludes halogenated alkanes) is 3. The summed E-state index contributed by atoms with van der Waals surface area (Å²) in [6, 6.07) is 3.13. The Hall–Kier alpha value is 0.630. The predicted molar refractivity (Wildman–Crippen MR) is 81.9 cm³/mol. The summed E-state index contributed by atoms with van der Waals surface area (Å²) in [5.74, 6) is 0. The van der Waals surface area contributed by atoms with Crippen molar-refractivity contribution in [2.75, 3.05) is 11.0 Å². The first-order valence-corrected chi connectivity index (χ1v) is 9.57. The molecule has 0 saturated carbocycles. The molecule has 0 saturated heterocycles. The number of rotatable bonds is 8. The zero-order chi connectivity index (χ0) is 12.7. The van der Waals surface area contributed by atoms with Crippen LogP contribution in [-0.2, 0) is 10.0 Å². The molecule has 0 spiro atoms. The van der Waals surface area contributed by atoms with Crippen molar-refractivity contribution in [1.29, 1.82) is 0 Å². The second kappa shape index (κ2) is 7.93. The van der Waals surface area contributed by atoms with Crippen LogP contribution in [0.25, 0.3) is 0 Å². The maximum atomic E-state index is 11.8. The van der Waals surface area contributed by atoms with Crippen molar-refractivity contribution in [3.8, 4) is 0 Å². The van der Waals surface area contributed by atoms with Gasteiger partial charge in [0.1, 0.15) is 4.21 Å². The lowest BCUT2D eigenvalue weighted by Gasteiger charge is -2.04. The lowest BCUT2D eigenvalue weighted by Crippen LogP contribution is -2.23. The van der Waals surface area contributed by atoms with Crippen LogP contribution in [-0.4, -0.2) is 19.4 Å². The van der Waals surface area contributed by atoms with Crippen LogP contribution in [0.4, 0.5) is 0 Å². The van der Waals surface area contributed by atoms with Gasteiger partial charge in [-0.05, 0) is 29.4 Å². The molecule has 1 heterocycles. The quantitative estimate of drug-likeness (QED) is 0.406. The first-order chi connectivity index (χ1) is 8.06. The van der Waals surface area contributed by atoms with Crippen molar-refractivity contribution in [3.63, 3.8) is 0 Å². The summed E-state index contributed by atoms with van der Waals surface area (Å²) in [6.45, 7) is 0.499. The van der Waals surface area contributed by atoms with Crippen molar-refractivity contribution in [2.45, 2.75) is 29.9 Å². The van der Waals surface area contributed by atoms with E-state index in [-0.39, 0.29) is 4.21 Å². The van der Waals surface area contributed by atoms with Crippen molar-refractivity contribution in [3.05, 3.63) is 16.5 Å². The summed E-state index contributed by atoms with van der Waals surface area (Å²) >= 11 is 9.14. The second-order valence-electron chi connectivity index (χ2n) is 3.56. The Morgan fingerprint density at radius 2 is 1.94 bits per heavy atom. The average Bonchev–Trinajstić information content (AvgIpc) is 2.71. The molecule has 0 aliphatic rings. The topological polar surface area (TPSA) is 46.2 Å². The highest BCUT2D eigenvalue weighted by Crippen LogP contribution is 2.25. The van der Waals surface area contributed by atoms with Crippen LogP contribution in [0.3, 0.4) is 0 Å². The standard InChI is InChI=1S/C10H15ClINO2S2/c11-9-5-6-10(16-9)17(14,15)13-8-4-2-1-3-7-12/h5-6,13H,1-4,7-8H2. The van der Waals surface area contributed by atoms with E-state index in [9.17, 15) is 8.42 Å². The number of thiophene rings is 1. The first-order valence-electron chi connectivity index (χ1n) is 5.37. The molecule has 0 bridgehead atoms. The van der Waals surface area contributed by atoms with Crippen molar-refractivity contribution in [1.82, 2.24) is 4.72 Å². The molecule has 7 heteroatoms. The van der Waals surface area contributed by atoms with Crippen LogP contribution >= 0.6 is 45.5 Å². The van der Waals surface area contributed by atoms with E-state index in [0.717, 1.165) is 35.0 Å². The first kappa shape index (κ1) is 15.7. The van der Waals surface area contributed by atoms with Gasteiger partial charge in [-0.1, -0.05) is 47.0 Å². The van der Waals surface area contributed by atoms with Gasteiger partial charge in [-0.15, -0.1) is 11.3 Å². The molecule has 3 nitrogen and oxygen atoms in total. The second-order valence-corrected chi connectivity index (χ2v) is 8.35. The van der Waals surface area contributed by atoms with Gasteiger partial charge in [-0.25, -0.2) is 13.1 Å². The highest BCUT2D eigenvalue weighted by atomic mass is 127. The minimum Gasteiger partial charge on any atom is -0.210 e. The van der Waals surface area contributed by atoms with Crippen LogP contribution in [0, 0.1) is 0 Å². The van der Waals surface area contributed by atoms with Crippen LogP contribution in [0.2, 0.25) is 4.34 Å². The van der Waals surface area contributed by atoms with Gasteiger partial charge in [0.05, 0.1) is 4.34 Å². The fourth-order valence-electron chi connectivity index (χ4n) is 1.29. The molecule has 0 unspecified atom stereocenters. The third-order valence-corrected chi connectivity index (χ3v) is 6.11. The fourth-order valence-corrected chi connectivity index (χ4v) is 4.43. The van der Waals surface area contributed by atoms with E-state index in [1.165, 1.54) is 12.5 Å². The predicted octanol–water partition coefficient (Wildman–Crippen LogP) is 3.68. The van der Waals surface area contributed by atoms with Gasteiger partial charge in [0.25, 0.3) is 0 Å².